The van der Waals surface area contributed by atoms with Crippen LogP contribution in [0.5, 0.6) is 0 Å². The number of aromatic nitrogens is 2. The molecule has 2 fully saturated rings. The Labute approximate surface area is 214 Å². The molecule has 10 heteroatoms. The zero-order valence-corrected chi connectivity index (χ0v) is 20.6. The summed E-state index contributed by atoms with van der Waals surface area (Å²) in [6.07, 6.45) is 0. The number of H-pyrrole nitrogens is 1. The van der Waals surface area contributed by atoms with Gasteiger partial charge in [-0.2, -0.15) is 0 Å². The van der Waals surface area contributed by atoms with Crippen molar-refractivity contribution >= 4 is 11.9 Å². The van der Waals surface area contributed by atoms with Crippen LogP contribution in [0.15, 0.2) is 59.4 Å². The van der Waals surface area contributed by atoms with Gasteiger partial charge in [0.25, 0.3) is 11.5 Å². The molecule has 194 valence electrons. The van der Waals surface area contributed by atoms with Gasteiger partial charge in [0.2, 0.25) is 5.95 Å². The molecule has 1 amide bonds. The highest BCUT2D eigenvalue weighted by Gasteiger charge is 2.25. The molecular weight excluding hydrogens is 478 g/mol. The van der Waals surface area contributed by atoms with E-state index in [4.69, 9.17) is 4.98 Å². The fourth-order valence-electron chi connectivity index (χ4n) is 4.83. The third-order valence-corrected chi connectivity index (χ3v) is 6.92. The summed E-state index contributed by atoms with van der Waals surface area (Å²) in [6, 6.07) is 14.1. The van der Waals surface area contributed by atoms with Crippen LogP contribution in [0.1, 0.15) is 21.6 Å². The van der Waals surface area contributed by atoms with Crippen molar-refractivity contribution in [3.8, 4) is 0 Å². The quantitative estimate of drug-likeness (QED) is 0.551. The van der Waals surface area contributed by atoms with Crippen molar-refractivity contribution in [2.24, 2.45) is 0 Å². The molecule has 0 bridgehead atoms. The van der Waals surface area contributed by atoms with Crippen LogP contribution in [0, 0.1) is 11.6 Å². The Morgan fingerprint density at radius 2 is 1.49 bits per heavy atom. The van der Waals surface area contributed by atoms with E-state index in [1.165, 1.54) is 30.3 Å². The first-order chi connectivity index (χ1) is 17.9. The molecular formula is C27H30F2N6O2. The van der Waals surface area contributed by atoms with Crippen LogP contribution >= 0.6 is 0 Å². The molecule has 2 aliphatic heterocycles. The molecule has 0 spiro atoms. The normalized spacial score (nSPS) is 17.2. The van der Waals surface area contributed by atoms with Crippen LogP contribution in [0.4, 0.5) is 14.7 Å². The third-order valence-electron chi connectivity index (χ3n) is 6.92. The summed E-state index contributed by atoms with van der Waals surface area (Å²) < 4.78 is 27.2. The minimum atomic E-state index is -0.523. The van der Waals surface area contributed by atoms with Gasteiger partial charge in [-0.1, -0.05) is 24.3 Å². The Bertz CT molecular complexity index is 1280. The maximum atomic E-state index is 14.0. The summed E-state index contributed by atoms with van der Waals surface area (Å²) in [6.45, 7) is 6.64. The van der Waals surface area contributed by atoms with Gasteiger partial charge in [0.05, 0.1) is 11.3 Å². The number of benzene rings is 2. The van der Waals surface area contributed by atoms with Crippen LogP contribution in [0.3, 0.4) is 0 Å². The smallest absolute Gasteiger partial charge is 0.256 e. The number of hydrogen-bond donors (Lipinski definition) is 1. The SMILES string of the molecule is O=C(c1ccccc1F)N1CCN(c2nc(CN3CCN(Cc4ccc(F)cc4)CC3)cc(=O)[nH]2)CC1. The lowest BCUT2D eigenvalue weighted by Gasteiger charge is -2.36. The second-order valence-corrected chi connectivity index (χ2v) is 9.50. The maximum absolute atomic E-state index is 14.0. The van der Waals surface area contributed by atoms with E-state index < -0.39 is 5.82 Å². The third kappa shape index (κ3) is 6.20. The van der Waals surface area contributed by atoms with Gasteiger partial charge in [-0.25, -0.2) is 13.8 Å². The molecule has 3 aromatic rings. The molecule has 37 heavy (non-hydrogen) atoms. The van der Waals surface area contributed by atoms with Crippen molar-refractivity contribution in [2.45, 2.75) is 13.1 Å². The molecule has 2 saturated heterocycles. The van der Waals surface area contributed by atoms with E-state index in [0.717, 1.165) is 38.3 Å². The van der Waals surface area contributed by atoms with Gasteiger partial charge >= 0.3 is 0 Å². The van der Waals surface area contributed by atoms with Crippen molar-refractivity contribution in [1.82, 2.24) is 24.7 Å². The van der Waals surface area contributed by atoms with E-state index in [1.807, 2.05) is 17.0 Å². The zero-order chi connectivity index (χ0) is 25.8. The van der Waals surface area contributed by atoms with Crippen LogP contribution < -0.4 is 10.5 Å². The van der Waals surface area contributed by atoms with E-state index in [1.54, 1.807) is 17.0 Å². The van der Waals surface area contributed by atoms with E-state index in [0.29, 0.717) is 44.4 Å². The van der Waals surface area contributed by atoms with Gasteiger partial charge in [0, 0.05) is 71.5 Å². The number of anilines is 1. The molecule has 1 N–H and O–H groups in total. The average molecular weight is 509 g/mol. The van der Waals surface area contributed by atoms with Gasteiger partial charge in [-0.15, -0.1) is 0 Å². The molecule has 2 aromatic carbocycles. The van der Waals surface area contributed by atoms with Gasteiger partial charge < -0.3 is 9.80 Å². The van der Waals surface area contributed by atoms with Crippen molar-refractivity contribution in [3.63, 3.8) is 0 Å². The maximum Gasteiger partial charge on any atom is 0.256 e. The second kappa shape index (κ2) is 11.2. The lowest BCUT2D eigenvalue weighted by Crippen LogP contribution is -2.49. The monoisotopic (exact) mass is 508 g/mol. The Kier molecular flexibility index (Phi) is 7.57. The Balaban J connectivity index is 1.15. The summed E-state index contributed by atoms with van der Waals surface area (Å²) in [4.78, 5) is 40.8. The molecule has 0 unspecified atom stereocenters. The van der Waals surface area contributed by atoms with Crippen LogP contribution in [0.2, 0.25) is 0 Å². The Morgan fingerprint density at radius 3 is 2.16 bits per heavy atom. The highest BCUT2D eigenvalue weighted by atomic mass is 19.1. The topological polar surface area (TPSA) is 75.8 Å². The van der Waals surface area contributed by atoms with Gasteiger partial charge in [0.15, 0.2) is 0 Å². The summed E-state index contributed by atoms with van der Waals surface area (Å²) in [7, 11) is 0. The number of amides is 1. The van der Waals surface area contributed by atoms with Crippen molar-refractivity contribution < 1.29 is 13.6 Å². The molecule has 0 atom stereocenters. The Hall–Kier alpha value is -3.63. The molecule has 2 aliphatic rings. The number of rotatable bonds is 6. The first kappa shape index (κ1) is 25.0. The Morgan fingerprint density at radius 1 is 0.838 bits per heavy atom. The highest BCUT2D eigenvalue weighted by molar-refractivity contribution is 5.94. The fraction of sp³-hybridized carbons (Fsp3) is 0.370. The van der Waals surface area contributed by atoms with E-state index >= 15 is 0 Å². The lowest BCUT2D eigenvalue weighted by molar-refractivity contribution is 0.0741. The molecule has 0 radical (unpaired) electrons. The first-order valence-electron chi connectivity index (χ1n) is 12.5. The number of piperazine rings is 2. The predicted octanol–water partition coefficient (Wildman–Crippen LogP) is 2.33. The number of nitrogens with zero attached hydrogens (tertiary/aromatic N) is 5. The van der Waals surface area contributed by atoms with Crippen molar-refractivity contribution in [2.75, 3.05) is 57.3 Å². The largest absolute Gasteiger partial charge is 0.339 e. The van der Waals surface area contributed by atoms with Crippen molar-refractivity contribution in [1.29, 1.82) is 0 Å². The molecule has 8 nitrogen and oxygen atoms in total. The highest BCUT2D eigenvalue weighted by Crippen LogP contribution is 2.16. The predicted molar refractivity (Wildman–Crippen MR) is 136 cm³/mol. The second-order valence-electron chi connectivity index (χ2n) is 9.50. The minimum Gasteiger partial charge on any atom is -0.339 e. The standard InChI is InChI=1S/C27H30F2N6O2/c28-21-7-5-20(6-8-21)18-32-9-11-33(12-10-32)19-22-17-25(36)31-27(30-22)35-15-13-34(14-16-35)26(37)23-3-1-2-4-24(23)29/h1-8,17H,9-16,18-19H2,(H,30,31,36). The number of halogens is 2. The molecule has 0 saturated carbocycles. The number of nitrogens with one attached hydrogen (secondary N) is 1. The summed E-state index contributed by atoms with van der Waals surface area (Å²) in [5.41, 5.74) is 1.66. The number of hydrogen-bond acceptors (Lipinski definition) is 6. The van der Waals surface area contributed by atoms with Crippen LogP contribution in [0.25, 0.3) is 0 Å². The molecule has 0 aliphatic carbocycles. The first-order valence-corrected chi connectivity index (χ1v) is 12.5. The van der Waals surface area contributed by atoms with E-state index in [9.17, 15) is 18.4 Å². The number of carbonyl (C=O) groups excluding carboxylic acids is 1. The summed E-state index contributed by atoms with van der Waals surface area (Å²) in [5, 5.41) is 0. The van der Waals surface area contributed by atoms with Gasteiger partial charge in [-0.3, -0.25) is 24.4 Å². The molecule has 1 aromatic heterocycles. The van der Waals surface area contributed by atoms with E-state index in [-0.39, 0.29) is 22.8 Å². The van der Waals surface area contributed by atoms with Crippen molar-refractivity contribution in [3.05, 3.63) is 93.4 Å². The van der Waals surface area contributed by atoms with Crippen LogP contribution in [-0.4, -0.2) is 82.9 Å². The lowest BCUT2D eigenvalue weighted by atomic mass is 10.1. The molecule has 5 rings (SSSR count). The average Bonchev–Trinajstić information content (AvgIpc) is 2.91. The zero-order valence-electron chi connectivity index (χ0n) is 20.6. The van der Waals surface area contributed by atoms with Crippen LogP contribution in [-0.2, 0) is 13.1 Å². The van der Waals surface area contributed by atoms with Gasteiger partial charge in [0.1, 0.15) is 11.6 Å². The number of carbonyl (C=O) groups is 1. The fourth-order valence-corrected chi connectivity index (χ4v) is 4.83. The summed E-state index contributed by atoms with van der Waals surface area (Å²) in [5.74, 6) is -0.580. The number of aromatic amines is 1. The van der Waals surface area contributed by atoms with Gasteiger partial charge in [-0.05, 0) is 29.8 Å². The molecule has 3 heterocycles. The van der Waals surface area contributed by atoms with E-state index in [2.05, 4.69) is 14.8 Å². The summed E-state index contributed by atoms with van der Waals surface area (Å²) >= 11 is 0. The minimum absolute atomic E-state index is 0.0715.